The predicted molar refractivity (Wildman–Crippen MR) is 96.1 cm³/mol. The highest BCUT2D eigenvalue weighted by molar-refractivity contribution is 7.92. The molecule has 1 aliphatic rings. The van der Waals surface area contributed by atoms with Crippen molar-refractivity contribution in [3.8, 4) is 0 Å². The van der Waals surface area contributed by atoms with Crippen molar-refractivity contribution in [3.63, 3.8) is 0 Å². The van der Waals surface area contributed by atoms with Gasteiger partial charge in [-0.1, -0.05) is 6.07 Å². The fraction of sp³-hybridized carbons (Fsp3) is 0.235. The molecule has 1 aromatic carbocycles. The molecule has 8 nitrogen and oxygen atoms in total. The zero-order chi connectivity index (χ0) is 18.7. The van der Waals surface area contributed by atoms with Gasteiger partial charge in [0.25, 0.3) is 11.8 Å². The predicted octanol–water partition coefficient (Wildman–Crippen LogP) is 0.869. The van der Waals surface area contributed by atoms with Crippen molar-refractivity contribution >= 4 is 27.5 Å². The average molecular weight is 374 g/mol. The summed E-state index contributed by atoms with van der Waals surface area (Å²) in [7, 11) is -3.36. The quantitative estimate of drug-likeness (QED) is 0.775. The van der Waals surface area contributed by atoms with E-state index in [-0.39, 0.29) is 5.69 Å². The van der Waals surface area contributed by atoms with Gasteiger partial charge in [0.2, 0.25) is 10.0 Å². The van der Waals surface area contributed by atoms with Crippen molar-refractivity contribution in [1.29, 1.82) is 0 Å². The number of aryl methyl sites for hydroxylation is 1. The molecule has 0 radical (unpaired) electrons. The molecule has 0 aliphatic carbocycles. The Labute approximate surface area is 151 Å². The second-order valence-electron chi connectivity index (χ2n) is 5.91. The number of amides is 2. The highest BCUT2D eigenvalue weighted by Crippen LogP contribution is 2.29. The highest BCUT2D eigenvalue weighted by atomic mass is 32.2. The van der Waals surface area contributed by atoms with Crippen LogP contribution in [0.15, 0.2) is 42.6 Å². The molecule has 9 heteroatoms. The van der Waals surface area contributed by atoms with E-state index in [9.17, 15) is 18.0 Å². The Bertz CT molecular complexity index is 944. The lowest BCUT2D eigenvalue weighted by molar-refractivity contribution is 0.0844. The summed E-state index contributed by atoms with van der Waals surface area (Å²) in [5, 5.41) is 0. The maximum atomic E-state index is 12.3. The van der Waals surface area contributed by atoms with Crippen LogP contribution in [0, 0.1) is 0 Å². The monoisotopic (exact) mass is 374 g/mol. The van der Waals surface area contributed by atoms with Gasteiger partial charge in [-0.05, 0) is 48.7 Å². The third kappa shape index (κ3) is 3.83. The van der Waals surface area contributed by atoms with Gasteiger partial charge in [-0.2, -0.15) is 0 Å². The summed E-state index contributed by atoms with van der Waals surface area (Å²) in [5.74, 6) is -1.02. The molecular formula is C17H18N4O4S. The van der Waals surface area contributed by atoms with Gasteiger partial charge < -0.3 is 0 Å². The molecule has 2 aromatic rings. The van der Waals surface area contributed by atoms with Crippen molar-refractivity contribution in [1.82, 2.24) is 15.8 Å². The Kier molecular flexibility index (Phi) is 4.90. The smallest absolute Gasteiger partial charge is 0.270 e. The SMILES string of the molecule is CS(=O)(=O)N1CCCc2cc(C(=O)NNC(=O)c3ccccn3)ccc21. The van der Waals surface area contributed by atoms with Crippen LogP contribution in [0.5, 0.6) is 0 Å². The molecule has 2 N–H and O–H groups in total. The minimum absolute atomic E-state index is 0.182. The summed E-state index contributed by atoms with van der Waals surface area (Å²) < 4.78 is 25.1. The molecule has 0 fully saturated rings. The number of hydrogen-bond donors (Lipinski definition) is 2. The summed E-state index contributed by atoms with van der Waals surface area (Å²) in [6.45, 7) is 0.428. The van der Waals surface area contributed by atoms with Crippen molar-refractivity contribution in [2.24, 2.45) is 0 Å². The number of fused-ring (bicyclic) bond motifs is 1. The summed E-state index contributed by atoms with van der Waals surface area (Å²) in [6.07, 6.45) is 4.01. The number of benzene rings is 1. The van der Waals surface area contributed by atoms with Crippen LogP contribution in [-0.2, 0) is 16.4 Å². The van der Waals surface area contributed by atoms with E-state index < -0.39 is 21.8 Å². The summed E-state index contributed by atoms with van der Waals surface area (Å²) in [6, 6.07) is 9.67. The lowest BCUT2D eigenvalue weighted by Crippen LogP contribution is -2.42. The minimum Gasteiger partial charge on any atom is -0.270 e. The van der Waals surface area contributed by atoms with Crippen LogP contribution in [0.3, 0.4) is 0 Å². The largest absolute Gasteiger partial charge is 0.288 e. The van der Waals surface area contributed by atoms with Gasteiger partial charge in [-0.3, -0.25) is 29.7 Å². The number of carbonyl (C=O) groups is 2. The van der Waals surface area contributed by atoms with Crippen LogP contribution in [0.25, 0.3) is 0 Å². The number of anilines is 1. The number of nitrogens with zero attached hydrogens (tertiary/aromatic N) is 2. The first-order valence-electron chi connectivity index (χ1n) is 7.98. The van der Waals surface area contributed by atoms with Crippen LogP contribution in [0.4, 0.5) is 5.69 Å². The first-order valence-corrected chi connectivity index (χ1v) is 9.83. The van der Waals surface area contributed by atoms with E-state index >= 15 is 0 Å². The molecule has 0 spiro atoms. The molecule has 136 valence electrons. The Morgan fingerprint density at radius 1 is 1.12 bits per heavy atom. The molecule has 0 atom stereocenters. The molecule has 2 heterocycles. The average Bonchev–Trinajstić information content (AvgIpc) is 2.64. The normalized spacial score (nSPS) is 13.7. The Morgan fingerprint density at radius 2 is 1.88 bits per heavy atom. The van der Waals surface area contributed by atoms with Gasteiger partial charge in [0.05, 0.1) is 11.9 Å². The number of hydrogen-bond acceptors (Lipinski definition) is 5. The molecule has 0 saturated carbocycles. The zero-order valence-corrected chi connectivity index (χ0v) is 14.9. The van der Waals surface area contributed by atoms with Gasteiger partial charge in [0, 0.05) is 18.3 Å². The van der Waals surface area contributed by atoms with E-state index in [1.807, 2.05) is 0 Å². The third-order valence-corrected chi connectivity index (χ3v) is 5.19. The summed E-state index contributed by atoms with van der Waals surface area (Å²) in [4.78, 5) is 28.1. The van der Waals surface area contributed by atoms with E-state index in [4.69, 9.17) is 0 Å². The van der Waals surface area contributed by atoms with E-state index in [0.717, 1.165) is 11.8 Å². The number of nitrogens with one attached hydrogen (secondary N) is 2. The van der Waals surface area contributed by atoms with E-state index in [0.29, 0.717) is 30.6 Å². The summed E-state index contributed by atoms with van der Waals surface area (Å²) >= 11 is 0. The maximum absolute atomic E-state index is 12.3. The first kappa shape index (κ1) is 17.9. The Hall–Kier alpha value is -2.94. The molecular weight excluding hydrogens is 356 g/mol. The minimum atomic E-state index is -3.36. The molecule has 1 aromatic heterocycles. The Morgan fingerprint density at radius 3 is 2.58 bits per heavy atom. The van der Waals surface area contributed by atoms with Crippen LogP contribution in [0.1, 0.15) is 32.8 Å². The molecule has 0 saturated heterocycles. The lowest BCUT2D eigenvalue weighted by atomic mass is 10.0. The highest BCUT2D eigenvalue weighted by Gasteiger charge is 2.24. The maximum Gasteiger partial charge on any atom is 0.288 e. The van der Waals surface area contributed by atoms with E-state index in [1.54, 1.807) is 24.3 Å². The third-order valence-electron chi connectivity index (χ3n) is 4.01. The molecule has 0 bridgehead atoms. The van der Waals surface area contributed by atoms with Crippen molar-refractivity contribution in [2.45, 2.75) is 12.8 Å². The van der Waals surface area contributed by atoms with Gasteiger partial charge in [-0.15, -0.1) is 0 Å². The number of carbonyl (C=O) groups excluding carboxylic acids is 2. The van der Waals surface area contributed by atoms with Crippen molar-refractivity contribution in [3.05, 3.63) is 59.4 Å². The molecule has 26 heavy (non-hydrogen) atoms. The van der Waals surface area contributed by atoms with Crippen LogP contribution < -0.4 is 15.2 Å². The topological polar surface area (TPSA) is 108 Å². The van der Waals surface area contributed by atoms with Crippen LogP contribution >= 0.6 is 0 Å². The van der Waals surface area contributed by atoms with Gasteiger partial charge >= 0.3 is 0 Å². The standard InChI is InChI=1S/C17H18N4O4S/c1-26(24,25)21-10-4-5-12-11-13(7-8-15(12)21)16(22)19-20-17(23)14-6-2-3-9-18-14/h2-3,6-9,11H,4-5,10H2,1H3,(H,19,22)(H,20,23). The molecule has 2 amide bonds. The van der Waals surface area contributed by atoms with E-state index in [2.05, 4.69) is 15.8 Å². The Balaban J connectivity index is 1.72. The number of rotatable bonds is 3. The van der Waals surface area contributed by atoms with Gasteiger partial charge in [0.15, 0.2) is 0 Å². The second-order valence-corrected chi connectivity index (χ2v) is 7.81. The van der Waals surface area contributed by atoms with E-state index in [1.165, 1.54) is 22.6 Å². The second kappa shape index (κ2) is 7.12. The lowest BCUT2D eigenvalue weighted by Gasteiger charge is -2.29. The fourth-order valence-corrected chi connectivity index (χ4v) is 3.79. The summed E-state index contributed by atoms with van der Waals surface area (Å²) in [5.41, 5.74) is 6.53. The number of hydrazine groups is 1. The molecule has 0 unspecified atom stereocenters. The fourth-order valence-electron chi connectivity index (χ4n) is 2.80. The zero-order valence-electron chi connectivity index (χ0n) is 14.1. The number of sulfonamides is 1. The number of pyridine rings is 1. The van der Waals surface area contributed by atoms with Gasteiger partial charge in [0.1, 0.15) is 5.69 Å². The first-order chi connectivity index (χ1) is 12.4. The van der Waals surface area contributed by atoms with Gasteiger partial charge in [-0.25, -0.2) is 8.42 Å². The van der Waals surface area contributed by atoms with Crippen LogP contribution in [0.2, 0.25) is 0 Å². The van der Waals surface area contributed by atoms with Crippen molar-refractivity contribution in [2.75, 3.05) is 17.1 Å². The molecule has 1 aliphatic heterocycles. The number of aromatic nitrogens is 1. The molecule has 3 rings (SSSR count). The van der Waals surface area contributed by atoms with Crippen LogP contribution in [-0.4, -0.2) is 38.0 Å². The van der Waals surface area contributed by atoms with Crippen molar-refractivity contribution < 1.29 is 18.0 Å².